The molecule has 1 aromatic carbocycles. The molecule has 0 radical (unpaired) electrons. The van der Waals surface area contributed by atoms with E-state index in [0.717, 1.165) is 16.8 Å². The fourth-order valence-corrected chi connectivity index (χ4v) is 1.77. The van der Waals surface area contributed by atoms with Crippen LogP contribution in [-0.4, -0.2) is 27.5 Å². The lowest BCUT2D eigenvalue weighted by molar-refractivity contribution is -0.133. The summed E-state index contributed by atoms with van der Waals surface area (Å²) < 4.78 is 19.0. The van der Waals surface area contributed by atoms with Crippen molar-refractivity contribution in [1.82, 2.24) is 20.4 Å². The molecule has 0 saturated carbocycles. The first kappa shape index (κ1) is 17.9. The van der Waals surface area contributed by atoms with Crippen molar-refractivity contribution in [3.63, 3.8) is 0 Å². The van der Waals surface area contributed by atoms with Crippen LogP contribution in [0.3, 0.4) is 0 Å². The van der Waals surface area contributed by atoms with Crippen molar-refractivity contribution in [3.8, 4) is 5.75 Å². The van der Waals surface area contributed by atoms with Crippen molar-refractivity contribution in [3.05, 3.63) is 63.2 Å². The maximum atomic E-state index is 12.8. The monoisotopic (exact) mass is 350 g/mol. The van der Waals surface area contributed by atoms with Gasteiger partial charge in [0.2, 0.25) is 0 Å². The average Bonchev–Trinajstić information content (AvgIpc) is 2.57. The molecule has 132 valence electrons. The third-order valence-electron chi connectivity index (χ3n) is 3.03. The maximum absolute atomic E-state index is 12.8. The minimum Gasteiger partial charge on any atom is -0.481 e. The van der Waals surface area contributed by atoms with E-state index in [1.165, 1.54) is 31.2 Å². The second-order valence-electron chi connectivity index (χ2n) is 4.99. The number of carbonyl (C=O) groups excluding carboxylic acids is 2. The molecule has 1 aromatic heterocycles. The lowest BCUT2D eigenvalue weighted by Gasteiger charge is -2.15. The molecule has 0 aliphatic rings. The third-order valence-corrected chi connectivity index (χ3v) is 3.03. The molecule has 0 saturated heterocycles. The SMILES string of the molecule is CC(Oc1ccc(F)cc1)C(=O)NNC(=O)Cn1ccc(=O)[nH]c1=O. The average molecular weight is 350 g/mol. The Morgan fingerprint density at radius 2 is 1.88 bits per heavy atom. The van der Waals surface area contributed by atoms with E-state index in [9.17, 15) is 23.6 Å². The Labute approximate surface area is 140 Å². The van der Waals surface area contributed by atoms with Gasteiger partial charge in [0.1, 0.15) is 18.1 Å². The number of ether oxygens (including phenoxy) is 1. The quantitative estimate of drug-likeness (QED) is 0.615. The Bertz CT molecular complexity index is 874. The minimum absolute atomic E-state index is 0.287. The van der Waals surface area contributed by atoms with Gasteiger partial charge in [-0.3, -0.25) is 34.8 Å². The summed E-state index contributed by atoms with van der Waals surface area (Å²) in [5, 5.41) is 0. The van der Waals surface area contributed by atoms with E-state index in [1.54, 1.807) is 0 Å². The standard InChI is InChI=1S/C15H15FN4O5/c1-9(25-11-4-2-10(16)3-5-11)14(23)19-18-13(22)8-20-7-6-12(21)17-15(20)24/h2-7,9H,8H2,1H3,(H,18,22)(H,19,23)(H,17,21,24). The number of aromatic nitrogens is 2. The van der Waals surface area contributed by atoms with Crippen LogP contribution in [0.1, 0.15) is 6.92 Å². The van der Waals surface area contributed by atoms with Crippen molar-refractivity contribution < 1.29 is 18.7 Å². The van der Waals surface area contributed by atoms with Gasteiger partial charge in [0.05, 0.1) is 0 Å². The Morgan fingerprint density at radius 3 is 2.52 bits per heavy atom. The summed E-state index contributed by atoms with van der Waals surface area (Å²) in [6, 6.07) is 6.18. The molecule has 1 heterocycles. The second-order valence-corrected chi connectivity index (χ2v) is 4.99. The van der Waals surface area contributed by atoms with Crippen LogP contribution in [0.2, 0.25) is 0 Å². The maximum Gasteiger partial charge on any atom is 0.328 e. The highest BCUT2D eigenvalue weighted by atomic mass is 19.1. The number of hydrogen-bond donors (Lipinski definition) is 3. The van der Waals surface area contributed by atoms with E-state index in [-0.39, 0.29) is 5.75 Å². The minimum atomic E-state index is -0.957. The molecule has 1 unspecified atom stereocenters. The fraction of sp³-hybridized carbons (Fsp3) is 0.200. The van der Waals surface area contributed by atoms with Crippen molar-refractivity contribution in [2.24, 2.45) is 0 Å². The molecule has 0 aliphatic heterocycles. The second kappa shape index (κ2) is 7.90. The summed E-state index contributed by atoms with van der Waals surface area (Å²) in [6.45, 7) is 1.04. The van der Waals surface area contributed by atoms with Gasteiger partial charge in [-0.05, 0) is 31.2 Å². The molecule has 0 spiro atoms. The molecule has 9 nitrogen and oxygen atoms in total. The molecule has 3 N–H and O–H groups in total. The van der Waals surface area contributed by atoms with Gasteiger partial charge in [-0.2, -0.15) is 0 Å². The van der Waals surface area contributed by atoms with Crippen molar-refractivity contribution in [2.75, 3.05) is 0 Å². The zero-order chi connectivity index (χ0) is 18.4. The Morgan fingerprint density at radius 1 is 1.20 bits per heavy atom. The van der Waals surface area contributed by atoms with Crippen LogP contribution in [0.15, 0.2) is 46.1 Å². The Hall–Kier alpha value is -3.43. The molecular weight excluding hydrogens is 335 g/mol. The number of carbonyl (C=O) groups is 2. The fourth-order valence-electron chi connectivity index (χ4n) is 1.77. The van der Waals surface area contributed by atoms with Gasteiger partial charge in [-0.25, -0.2) is 9.18 Å². The summed E-state index contributed by atoms with van der Waals surface area (Å²) in [4.78, 5) is 47.9. The number of benzene rings is 1. The number of aromatic amines is 1. The first-order valence-corrected chi connectivity index (χ1v) is 7.16. The Kier molecular flexibility index (Phi) is 5.66. The number of hydrazine groups is 1. The van der Waals surface area contributed by atoms with Gasteiger partial charge in [0, 0.05) is 12.3 Å². The molecule has 0 fully saturated rings. The lowest BCUT2D eigenvalue weighted by atomic mass is 10.3. The first-order chi connectivity index (χ1) is 11.8. The summed E-state index contributed by atoms with van der Waals surface area (Å²) in [5.41, 5.74) is 2.93. The van der Waals surface area contributed by atoms with Gasteiger partial charge in [-0.1, -0.05) is 0 Å². The van der Waals surface area contributed by atoms with E-state index in [4.69, 9.17) is 4.74 Å². The predicted octanol–water partition coefficient (Wildman–Crippen LogP) is -0.709. The van der Waals surface area contributed by atoms with Crippen LogP contribution >= 0.6 is 0 Å². The zero-order valence-corrected chi connectivity index (χ0v) is 13.1. The number of nitrogens with one attached hydrogen (secondary N) is 3. The number of halogens is 1. The molecule has 1 atom stereocenters. The van der Waals surface area contributed by atoms with Crippen LogP contribution in [0.25, 0.3) is 0 Å². The lowest BCUT2D eigenvalue weighted by Crippen LogP contribution is -2.48. The summed E-state index contributed by atoms with van der Waals surface area (Å²) in [6.07, 6.45) is 0.199. The Balaban J connectivity index is 1.83. The van der Waals surface area contributed by atoms with Crippen LogP contribution in [0, 0.1) is 5.82 Å². The van der Waals surface area contributed by atoms with Crippen LogP contribution in [0.5, 0.6) is 5.75 Å². The molecule has 0 bridgehead atoms. The highest BCUT2D eigenvalue weighted by Crippen LogP contribution is 2.12. The summed E-state index contributed by atoms with van der Waals surface area (Å²) in [5.74, 6) is -1.48. The van der Waals surface area contributed by atoms with E-state index < -0.39 is 41.5 Å². The summed E-state index contributed by atoms with van der Waals surface area (Å²) in [7, 11) is 0. The molecule has 2 amide bonds. The van der Waals surface area contributed by atoms with Gasteiger partial charge in [0.25, 0.3) is 17.4 Å². The van der Waals surface area contributed by atoms with Crippen LogP contribution < -0.4 is 26.8 Å². The topological polar surface area (TPSA) is 122 Å². The smallest absolute Gasteiger partial charge is 0.328 e. The highest BCUT2D eigenvalue weighted by molar-refractivity contribution is 5.84. The predicted molar refractivity (Wildman–Crippen MR) is 84.1 cm³/mol. The molecule has 2 rings (SSSR count). The number of amides is 2. The van der Waals surface area contributed by atoms with Crippen molar-refractivity contribution >= 4 is 11.8 Å². The first-order valence-electron chi connectivity index (χ1n) is 7.16. The number of hydrogen-bond acceptors (Lipinski definition) is 5. The number of H-pyrrole nitrogens is 1. The van der Waals surface area contributed by atoms with Gasteiger partial charge >= 0.3 is 5.69 Å². The largest absolute Gasteiger partial charge is 0.481 e. The highest BCUT2D eigenvalue weighted by Gasteiger charge is 2.15. The third kappa shape index (κ3) is 5.30. The van der Waals surface area contributed by atoms with E-state index in [1.807, 2.05) is 4.98 Å². The van der Waals surface area contributed by atoms with Gasteiger partial charge in [0.15, 0.2) is 6.10 Å². The van der Waals surface area contributed by atoms with E-state index in [2.05, 4.69) is 10.9 Å². The normalized spacial score (nSPS) is 11.4. The number of nitrogens with zero attached hydrogens (tertiary/aromatic N) is 1. The van der Waals surface area contributed by atoms with Crippen molar-refractivity contribution in [1.29, 1.82) is 0 Å². The molecule has 2 aromatic rings. The van der Waals surface area contributed by atoms with Crippen molar-refractivity contribution in [2.45, 2.75) is 19.6 Å². The molecule has 25 heavy (non-hydrogen) atoms. The zero-order valence-electron chi connectivity index (χ0n) is 13.1. The van der Waals surface area contributed by atoms with Gasteiger partial charge in [-0.15, -0.1) is 0 Å². The van der Waals surface area contributed by atoms with Crippen LogP contribution in [0.4, 0.5) is 4.39 Å². The molecule has 0 aliphatic carbocycles. The summed E-state index contributed by atoms with van der Waals surface area (Å²) >= 11 is 0. The molecule has 10 heteroatoms. The number of rotatable bonds is 5. The van der Waals surface area contributed by atoms with Gasteiger partial charge < -0.3 is 4.74 Å². The molecular formula is C15H15FN4O5. The van der Waals surface area contributed by atoms with E-state index >= 15 is 0 Å². The van der Waals surface area contributed by atoms with Crippen LogP contribution in [-0.2, 0) is 16.1 Å². The van der Waals surface area contributed by atoms with E-state index in [0.29, 0.717) is 0 Å².